The van der Waals surface area contributed by atoms with Crippen LogP contribution in [-0.2, 0) is 0 Å². The van der Waals surface area contributed by atoms with Crippen LogP contribution >= 0.6 is 27.5 Å². The largest absolute Gasteiger partial charge is 0.456 e. The number of aromatic nitrogens is 1. The first-order valence-corrected chi connectivity index (χ1v) is 7.14. The Morgan fingerprint density at radius 1 is 1.40 bits per heavy atom. The highest BCUT2D eigenvalue weighted by molar-refractivity contribution is 9.10. The first-order chi connectivity index (χ1) is 9.60. The molecule has 2 rings (SSSR count). The molecular weight excluding hydrogens is 344 g/mol. The third kappa shape index (κ3) is 3.71. The monoisotopic (exact) mass is 354 g/mol. The Hall–Kier alpha value is -1.59. The van der Waals surface area contributed by atoms with Crippen molar-refractivity contribution >= 4 is 33.4 Å². The van der Waals surface area contributed by atoms with E-state index in [1.807, 2.05) is 13.0 Å². The van der Waals surface area contributed by atoms with E-state index in [1.54, 1.807) is 24.3 Å². The van der Waals surface area contributed by atoms with Crippen molar-refractivity contribution < 1.29 is 9.53 Å². The smallest absolute Gasteiger partial charge is 0.270 e. The molecule has 0 fully saturated rings. The number of amides is 1. The first kappa shape index (κ1) is 14.8. The highest BCUT2D eigenvalue weighted by Crippen LogP contribution is 2.31. The maximum absolute atomic E-state index is 11.7. The second-order valence-electron chi connectivity index (χ2n) is 3.91. The number of nitrogens with zero attached hydrogens (tertiary/aromatic N) is 1. The van der Waals surface area contributed by atoms with Crippen molar-refractivity contribution in [1.29, 1.82) is 0 Å². The van der Waals surface area contributed by atoms with Gasteiger partial charge < -0.3 is 10.1 Å². The summed E-state index contributed by atoms with van der Waals surface area (Å²) >= 11 is 9.41. The minimum atomic E-state index is -0.238. The summed E-state index contributed by atoms with van der Waals surface area (Å²) in [6, 6.07) is 8.55. The van der Waals surface area contributed by atoms with Gasteiger partial charge in [-0.15, -0.1) is 0 Å². The lowest BCUT2D eigenvalue weighted by Crippen LogP contribution is -2.23. The van der Waals surface area contributed by atoms with E-state index in [-0.39, 0.29) is 5.91 Å². The van der Waals surface area contributed by atoms with Crippen LogP contribution in [0.5, 0.6) is 11.5 Å². The normalized spacial score (nSPS) is 10.2. The zero-order valence-corrected chi connectivity index (χ0v) is 13.0. The van der Waals surface area contributed by atoms with Gasteiger partial charge in [0.15, 0.2) is 0 Å². The summed E-state index contributed by atoms with van der Waals surface area (Å²) < 4.78 is 6.53. The molecule has 0 spiro atoms. The van der Waals surface area contributed by atoms with Crippen molar-refractivity contribution in [2.45, 2.75) is 6.92 Å². The van der Waals surface area contributed by atoms with Crippen molar-refractivity contribution in [2.75, 3.05) is 6.54 Å². The van der Waals surface area contributed by atoms with Crippen LogP contribution in [0.1, 0.15) is 17.4 Å². The number of hydrogen-bond acceptors (Lipinski definition) is 3. The summed E-state index contributed by atoms with van der Waals surface area (Å²) in [5.74, 6) is 0.772. The molecule has 0 unspecified atom stereocenters. The van der Waals surface area contributed by atoms with Crippen LogP contribution in [0.15, 0.2) is 41.0 Å². The zero-order valence-electron chi connectivity index (χ0n) is 10.7. The molecule has 0 aliphatic heterocycles. The van der Waals surface area contributed by atoms with Gasteiger partial charge in [0.1, 0.15) is 17.2 Å². The van der Waals surface area contributed by atoms with Crippen LogP contribution in [-0.4, -0.2) is 17.4 Å². The number of carbonyl (C=O) groups is 1. The van der Waals surface area contributed by atoms with Gasteiger partial charge in [0, 0.05) is 23.3 Å². The molecule has 104 valence electrons. The van der Waals surface area contributed by atoms with Gasteiger partial charge in [0.2, 0.25) is 0 Å². The van der Waals surface area contributed by atoms with Crippen LogP contribution in [0.2, 0.25) is 5.02 Å². The molecule has 0 atom stereocenters. The molecule has 0 aliphatic carbocycles. The fourth-order valence-electron chi connectivity index (χ4n) is 1.53. The van der Waals surface area contributed by atoms with E-state index >= 15 is 0 Å². The van der Waals surface area contributed by atoms with Gasteiger partial charge in [-0.3, -0.25) is 9.78 Å². The van der Waals surface area contributed by atoms with E-state index in [0.717, 1.165) is 4.47 Å². The van der Waals surface area contributed by atoms with Gasteiger partial charge in [-0.25, -0.2) is 0 Å². The summed E-state index contributed by atoms with van der Waals surface area (Å²) in [6.07, 6.45) is 1.52. The van der Waals surface area contributed by atoms with Crippen molar-refractivity contribution in [3.05, 3.63) is 51.7 Å². The summed E-state index contributed by atoms with van der Waals surface area (Å²) in [4.78, 5) is 15.7. The summed E-state index contributed by atoms with van der Waals surface area (Å²) in [6.45, 7) is 2.39. The molecule has 0 bridgehead atoms. The number of pyridine rings is 1. The molecule has 20 heavy (non-hydrogen) atoms. The SMILES string of the molecule is CCNC(=O)c1cc(Oc2cc(Br)ccc2Cl)ccn1. The lowest BCUT2D eigenvalue weighted by molar-refractivity contribution is 0.0950. The minimum absolute atomic E-state index is 0.238. The first-order valence-electron chi connectivity index (χ1n) is 5.97. The lowest BCUT2D eigenvalue weighted by atomic mass is 10.3. The zero-order chi connectivity index (χ0) is 14.5. The third-order valence-electron chi connectivity index (χ3n) is 2.42. The molecule has 0 aliphatic rings. The number of halogens is 2. The summed E-state index contributed by atoms with van der Waals surface area (Å²) in [5, 5.41) is 3.17. The summed E-state index contributed by atoms with van der Waals surface area (Å²) in [5.41, 5.74) is 0.301. The maximum Gasteiger partial charge on any atom is 0.270 e. The highest BCUT2D eigenvalue weighted by Gasteiger charge is 2.09. The average Bonchev–Trinajstić information content (AvgIpc) is 2.43. The summed E-state index contributed by atoms with van der Waals surface area (Å²) in [7, 11) is 0. The van der Waals surface area contributed by atoms with Gasteiger partial charge in [0.05, 0.1) is 5.02 Å². The molecule has 2 aromatic rings. The molecule has 0 saturated carbocycles. The molecular formula is C14H12BrClN2O2. The minimum Gasteiger partial charge on any atom is -0.456 e. The Bertz CT molecular complexity index is 634. The number of ether oxygens (including phenoxy) is 1. The Morgan fingerprint density at radius 2 is 2.20 bits per heavy atom. The van der Waals surface area contributed by atoms with Crippen LogP contribution in [0.4, 0.5) is 0 Å². The predicted molar refractivity (Wildman–Crippen MR) is 81.5 cm³/mol. The fourth-order valence-corrected chi connectivity index (χ4v) is 2.03. The number of benzene rings is 1. The fraction of sp³-hybridized carbons (Fsp3) is 0.143. The van der Waals surface area contributed by atoms with Crippen molar-refractivity contribution in [3.8, 4) is 11.5 Å². The molecule has 1 heterocycles. The Morgan fingerprint density at radius 3 is 2.95 bits per heavy atom. The van der Waals surface area contributed by atoms with Crippen molar-refractivity contribution in [1.82, 2.24) is 10.3 Å². The van der Waals surface area contributed by atoms with E-state index in [2.05, 4.69) is 26.2 Å². The Balaban J connectivity index is 2.23. The van der Waals surface area contributed by atoms with E-state index in [1.165, 1.54) is 6.20 Å². The highest BCUT2D eigenvalue weighted by atomic mass is 79.9. The van der Waals surface area contributed by atoms with Crippen molar-refractivity contribution in [3.63, 3.8) is 0 Å². The molecule has 0 saturated heterocycles. The van der Waals surface area contributed by atoms with Crippen LogP contribution < -0.4 is 10.1 Å². The van der Waals surface area contributed by atoms with Crippen molar-refractivity contribution in [2.24, 2.45) is 0 Å². The van der Waals surface area contributed by atoms with Crippen LogP contribution in [0.3, 0.4) is 0 Å². The Kier molecular flexibility index (Phi) is 4.98. The van der Waals surface area contributed by atoms with Gasteiger partial charge in [-0.2, -0.15) is 0 Å². The number of rotatable bonds is 4. The number of nitrogens with one attached hydrogen (secondary N) is 1. The molecule has 1 aromatic heterocycles. The van der Waals surface area contributed by atoms with E-state index in [4.69, 9.17) is 16.3 Å². The number of hydrogen-bond donors (Lipinski definition) is 1. The standard InChI is InChI=1S/C14H12BrClN2O2/c1-2-17-14(19)12-8-10(5-6-18-12)20-13-7-9(15)3-4-11(13)16/h3-8H,2H2,1H3,(H,17,19). The number of carbonyl (C=O) groups excluding carboxylic acids is 1. The second kappa shape index (κ2) is 6.72. The van der Waals surface area contributed by atoms with E-state index < -0.39 is 0 Å². The molecule has 1 amide bonds. The van der Waals surface area contributed by atoms with Gasteiger partial charge in [-0.05, 0) is 31.2 Å². The quantitative estimate of drug-likeness (QED) is 0.900. The van der Waals surface area contributed by atoms with Crippen LogP contribution in [0, 0.1) is 0 Å². The lowest BCUT2D eigenvalue weighted by Gasteiger charge is -2.09. The molecule has 1 N–H and O–H groups in total. The van der Waals surface area contributed by atoms with Gasteiger partial charge >= 0.3 is 0 Å². The average molecular weight is 356 g/mol. The second-order valence-corrected chi connectivity index (χ2v) is 5.24. The predicted octanol–water partition coefficient (Wildman–Crippen LogP) is 4.04. The van der Waals surface area contributed by atoms with E-state index in [0.29, 0.717) is 28.8 Å². The van der Waals surface area contributed by atoms with Gasteiger partial charge in [0.25, 0.3) is 5.91 Å². The maximum atomic E-state index is 11.7. The van der Waals surface area contributed by atoms with Gasteiger partial charge in [-0.1, -0.05) is 27.5 Å². The van der Waals surface area contributed by atoms with E-state index in [9.17, 15) is 4.79 Å². The van der Waals surface area contributed by atoms with Crippen LogP contribution in [0.25, 0.3) is 0 Å². The molecule has 6 heteroatoms. The molecule has 1 aromatic carbocycles. The topological polar surface area (TPSA) is 51.2 Å². The molecule has 4 nitrogen and oxygen atoms in total. The molecule has 0 radical (unpaired) electrons. The third-order valence-corrected chi connectivity index (χ3v) is 3.23. The Labute approximate surface area is 130 Å².